The molecule has 1 aromatic carbocycles. The van der Waals surface area contributed by atoms with E-state index in [0.29, 0.717) is 10.3 Å². The zero-order valence-electron chi connectivity index (χ0n) is 8.64. The summed E-state index contributed by atoms with van der Waals surface area (Å²) in [6.07, 6.45) is 0. The van der Waals surface area contributed by atoms with Gasteiger partial charge in [0.25, 0.3) is 5.78 Å². The van der Waals surface area contributed by atoms with E-state index in [4.69, 9.17) is 8.83 Å². The van der Waals surface area contributed by atoms with E-state index in [1.54, 1.807) is 18.2 Å². The van der Waals surface area contributed by atoms with Crippen LogP contribution in [-0.4, -0.2) is 5.78 Å². The Morgan fingerprint density at radius 1 is 1.00 bits per heavy atom. The molecule has 17 heavy (non-hydrogen) atoms. The van der Waals surface area contributed by atoms with Crippen molar-refractivity contribution in [3.8, 4) is 0 Å². The monoisotopic (exact) mass is 290 g/mol. The molecule has 0 spiro atoms. The van der Waals surface area contributed by atoms with Crippen LogP contribution < -0.4 is 0 Å². The number of halogens is 1. The fourth-order valence-electron chi connectivity index (χ4n) is 1.65. The second-order valence-electron chi connectivity index (χ2n) is 3.58. The van der Waals surface area contributed by atoms with Crippen LogP contribution in [0, 0.1) is 0 Å². The Morgan fingerprint density at radius 2 is 1.82 bits per heavy atom. The van der Waals surface area contributed by atoms with E-state index < -0.39 is 0 Å². The molecule has 0 amide bonds. The SMILES string of the molecule is O=C(c1ccc(Br)o1)c1cc2ccccc2o1. The standard InChI is InChI=1S/C13H7BrO3/c14-12-6-5-10(17-12)13(15)11-7-8-3-1-2-4-9(8)16-11/h1-7H. The molecule has 4 heteroatoms. The lowest BCUT2D eigenvalue weighted by Crippen LogP contribution is -1.96. The molecule has 2 heterocycles. The van der Waals surface area contributed by atoms with E-state index in [-0.39, 0.29) is 17.3 Å². The number of ketones is 1. The highest BCUT2D eigenvalue weighted by molar-refractivity contribution is 9.10. The molecule has 0 fully saturated rings. The number of benzene rings is 1. The summed E-state index contributed by atoms with van der Waals surface area (Å²) in [4.78, 5) is 12.0. The van der Waals surface area contributed by atoms with Gasteiger partial charge in [0.2, 0.25) is 0 Å². The summed E-state index contributed by atoms with van der Waals surface area (Å²) in [5.41, 5.74) is 0.696. The molecular weight excluding hydrogens is 284 g/mol. The van der Waals surface area contributed by atoms with Crippen molar-refractivity contribution in [1.29, 1.82) is 0 Å². The third-order valence-electron chi connectivity index (χ3n) is 2.45. The smallest absolute Gasteiger partial charge is 0.263 e. The van der Waals surface area contributed by atoms with Gasteiger partial charge in [0, 0.05) is 5.39 Å². The second-order valence-corrected chi connectivity index (χ2v) is 4.36. The molecule has 84 valence electrons. The Morgan fingerprint density at radius 3 is 2.53 bits per heavy atom. The zero-order chi connectivity index (χ0) is 11.8. The highest BCUT2D eigenvalue weighted by Crippen LogP contribution is 2.23. The number of para-hydroxylation sites is 1. The van der Waals surface area contributed by atoms with Crippen LogP contribution >= 0.6 is 15.9 Å². The number of carbonyl (C=O) groups excluding carboxylic acids is 1. The summed E-state index contributed by atoms with van der Waals surface area (Å²) in [5.74, 6) is 0.288. The van der Waals surface area contributed by atoms with Crippen molar-refractivity contribution in [1.82, 2.24) is 0 Å². The van der Waals surface area contributed by atoms with Crippen molar-refractivity contribution in [2.24, 2.45) is 0 Å². The van der Waals surface area contributed by atoms with Gasteiger partial charge in [0.15, 0.2) is 16.2 Å². The van der Waals surface area contributed by atoms with E-state index in [1.807, 2.05) is 24.3 Å². The van der Waals surface area contributed by atoms with Gasteiger partial charge in [-0.2, -0.15) is 0 Å². The Bertz CT molecular complexity index is 660. The Kier molecular flexibility index (Phi) is 2.37. The molecule has 0 bridgehead atoms. The number of furan rings is 2. The van der Waals surface area contributed by atoms with Gasteiger partial charge in [-0.25, -0.2) is 0 Å². The first kappa shape index (κ1) is 10.4. The van der Waals surface area contributed by atoms with Crippen LogP contribution in [0.15, 0.2) is 56.0 Å². The van der Waals surface area contributed by atoms with E-state index in [2.05, 4.69) is 15.9 Å². The maximum Gasteiger partial charge on any atom is 0.263 e. The molecule has 3 aromatic rings. The van der Waals surface area contributed by atoms with E-state index in [9.17, 15) is 4.79 Å². The van der Waals surface area contributed by atoms with Gasteiger partial charge in [-0.3, -0.25) is 4.79 Å². The number of fused-ring (bicyclic) bond motifs is 1. The van der Waals surface area contributed by atoms with Gasteiger partial charge < -0.3 is 8.83 Å². The van der Waals surface area contributed by atoms with Crippen LogP contribution in [0.1, 0.15) is 16.3 Å². The van der Waals surface area contributed by atoms with Crippen molar-refractivity contribution in [2.75, 3.05) is 0 Å². The predicted molar refractivity (Wildman–Crippen MR) is 66.1 cm³/mol. The minimum Gasteiger partial charge on any atom is -0.452 e. The van der Waals surface area contributed by atoms with Gasteiger partial charge in [0.05, 0.1) is 0 Å². The Hall–Kier alpha value is -1.81. The van der Waals surface area contributed by atoms with Crippen molar-refractivity contribution >= 4 is 32.7 Å². The van der Waals surface area contributed by atoms with Crippen molar-refractivity contribution < 1.29 is 13.6 Å². The highest BCUT2D eigenvalue weighted by atomic mass is 79.9. The van der Waals surface area contributed by atoms with Crippen molar-refractivity contribution in [2.45, 2.75) is 0 Å². The molecule has 3 nitrogen and oxygen atoms in total. The predicted octanol–water partition coefficient (Wildman–Crippen LogP) is 4.02. The molecule has 0 saturated heterocycles. The van der Waals surface area contributed by atoms with Gasteiger partial charge in [-0.15, -0.1) is 0 Å². The second kappa shape index (κ2) is 3.89. The molecule has 0 atom stereocenters. The average Bonchev–Trinajstić information content (AvgIpc) is 2.93. The van der Waals surface area contributed by atoms with Gasteiger partial charge in [-0.05, 0) is 40.2 Å². The minimum absolute atomic E-state index is 0.257. The average molecular weight is 291 g/mol. The summed E-state index contributed by atoms with van der Waals surface area (Å²) in [5, 5.41) is 0.904. The van der Waals surface area contributed by atoms with Crippen LogP contribution in [0.4, 0.5) is 0 Å². The van der Waals surface area contributed by atoms with E-state index in [0.717, 1.165) is 5.39 Å². The molecule has 0 aliphatic carbocycles. The minimum atomic E-state index is -0.257. The number of hydrogen-bond donors (Lipinski definition) is 0. The van der Waals surface area contributed by atoms with Crippen molar-refractivity contribution in [3.05, 3.63) is 58.7 Å². The Balaban J connectivity index is 2.06. The fourth-order valence-corrected chi connectivity index (χ4v) is 1.96. The van der Waals surface area contributed by atoms with Crippen LogP contribution in [-0.2, 0) is 0 Å². The topological polar surface area (TPSA) is 43.4 Å². The highest BCUT2D eigenvalue weighted by Gasteiger charge is 2.17. The molecule has 0 N–H and O–H groups in total. The maximum atomic E-state index is 12.0. The van der Waals surface area contributed by atoms with Gasteiger partial charge >= 0.3 is 0 Å². The maximum absolute atomic E-state index is 12.0. The number of hydrogen-bond acceptors (Lipinski definition) is 3. The molecule has 0 aliphatic rings. The molecule has 3 rings (SSSR count). The summed E-state index contributed by atoms with van der Waals surface area (Å²) in [7, 11) is 0. The largest absolute Gasteiger partial charge is 0.452 e. The first-order valence-electron chi connectivity index (χ1n) is 5.02. The van der Waals surface area contributed by atoms with Crippen LogP contribution in [0.2, 0.25) is 0 Å². The van der Waals surface area contributed by atoms with Crippen LogP contribution in [0.3, 0.4) is 0 Å². The summed E-state index contributed by atoms with van der Waals surface area (Å²) >= 11 is 3.16. The number of rotatable bonds is 2. The summed E-state index contributed by atoms with van der Waals surface area (Å²) in [6.45, 7) is 0. The fraction of sp³-hybridized carbons (Fsp3) is 0. The molecule has 0 unspecified atom stereocenters. The summed E-state index contributed by atoms with van der Waals surface area (Å²) in [6, 6.07) is 12.5. The molecule has 0 radical (unpaired) electrons. The zero-order valence-corrected chi connectivity index (χ0v) is 10.2. The molecule has 2 aromatic heterocycles. The normalized spacial score (nSPS) is 10.9. The lowest BCUT2D eigenvalue weighted by atomic mass is 10.2. The summed E-state index contributed by atoms with van der Waals surface area (Å²) < 4.78 is 11.2. The third-order valence-corrected chi connectivity index (χ3v) is 2.87. The Labute approximate surface area is 105 Å². The van der Waals surface area contributed by atoms with Crippen LogP contribution in [0.25, 0.3) is 11.0 Å². The van der Waals surface area contributed by atoms with Gasteiger partial charge in [0.1, 0.15) is 5.58 Å². The lowest BCUT2D eigenvalue weighted by Gasteiger charge is -1.90. The van der Waals surface area contributed by atoms with E-state index in [1.165, 1.54) is 0 Å². The first-order chi connectivity index (χ1) is 8.24. The molecular formula is C13H7BrO3. The number of carbonyl (C=O) groups is 1. The quantitative estimate of drug-likeness (QED) is 0.670. The lowest BCUT2D eigenvalue weighted by molar-refractivity contribution is 0.0984. The van der Waals surface area contributed by atoms with E-state index >= 15 is 0 Å². The van der Waals surface area contributed by atoms with Crippen LogP contribution in [0.5, 0.6) is 0 Å². The molecule has 0 saturated carbocycles. The van der Waals surface area contributed by atoms with Crippen molar-refractivity contribution in [3.63, 3.8) is 0 Å². The first-order valence-corrected chi connectivity index (χ1v) is 5.82. The molecule has 0 aliphatic heterocycles. The van der Waals surface area contributed by atoms with Gasteiger partial charge in [-0.1, -0.05) is 18.2 Å². The third kappa shape index (κ3) is 1.80.